The van der Waals surface area contributed by atoms with Crippen LogP contribution in [0.4, 0.5) is 4.79 Å². The van der Waals surface area contributed by atoms with Crippen LogP contribution in [0.5, 0.6) is 0 Å². The Morgan fingerprint density at radius 2 is 2.00 bits per heavy atom. The van der Waals surface area contributed by atoms with Crippen LogP contribution in [-0.2, 0) is 9.59 Å². The van der Waals surface area contributed by atoms with Crippen molar-refractivity contribution in [2.45, 2.75) is 31.3 Å². The molecule has 2 aliphatic rings. The summed E-state index contributed by atoms with van der Waals surface area (Å²) in [5.74, 6) is -1.90. The maximum absolute atomic E-state index is 12.1. The van der Waals surface area contributed by atoms with Gasteiger partial charge in [0.25, 0.3) is 0 Å². The van der Waals surface area contributed by atoms with Crippen LogP contribution in [0.2, 0.25) is 0 Å². The second kappa shape index (κ2) is 6.08. The minimum atomic E-state index is -1.17. The molecule has 8 nitrogen and oxygen atoms in total. The Labute approximate surface area is 116 Å². The minimum absolute atomic E-state index is 0.0224. The lowest BCUT2D eigenvalue weighted by atomic mass is 10.1. The van der Waals surface area contributed by atoms with E-state index in [9.17, 15) is 14.4 Å². The van der Waals surface area contributed by atoms with E-state index in [4.69, 9.17) is 10.8 Å². The van der Waals surface area contributed by atoms with Crippen LogP contribution in [0, 0.1) is 0 Å². The molecule has 0 aromatic rings. The molecule has 2 fully saturated rings. The monoisotopic (exact) mass is 284 g/mol. The lowest BCUT2D eigenvalue weighted by Crippen LogP contribution is -2.51. The predicted molar refractivity (Wildman–Crippen MR) is 69.9 cm³/mol. The number of hydrogen-bond acceptors (Lipinski definition) is 4. The molecule has 2 saturated heterocycles. The average Bonchev–Trinajstić information content (AvgIpc) is 2.91. The fourth-order valence-electron chi connectivity index (χ4n) is 3.05. The van der Waals surface area contributed by atoms with Gasteiger partial charge in [0.1, 0.15) is 13.1 Å². The standard InChI is InChI=1S/C12H20N4O4/c13-10(17)6-16(7-11(18)19)12(20)14-8-3-5-15-4-1-2-9(8)15/h8-9H,1-7H2,(H2,13,17)(H,14,20)(H,18,19). The number of primary amides is 1. The zero-order chi connectivity index (χ0) is 14.7. The van der Waals surface area contributed by atoms with Crippen molar-refractivity contribution in [1.82, 2.24) is 15.1 Å². The highest BCUT2D eigenvalue weighted by Crippen LogP contribution is 2.27. The van der Waals surface area contributed by atoms with Crippen molar-refractivity contribution >= 4 is 17.9 Å². The summed E-state index contributed by atoms with van der Waals surface area (Å²) in [6.45, 7) is 1.08. The third-order valence-electron chi connectivity index (χ3n) is 3.87. The number of carbonyl (C=O) groups is 3. The molecule has 2 aliphatic heterocycles. The first-order valence-corrected chi connectivity index (χ1v) is 6.77. The van der Waals surface area contributed by atoms with Crippen LogP contribution in [0.1, 0.15) is 19.3 Å². The summed E-state index contributed by atoms with van der Waals surface area (Å²) in [6.07, 6.45) is 3.02. The number of nitrogens with one attached hydrogen (secondary N) is 1. The van der Waals surface area contributed by atoms with Gasteiger partial charge in [-0.05, 0) is 25.8 Å². The molecule has 8 heteroatoms. The normalized spacial score (nSPS) is 25.2. The number of urea groups is 1. The van der Waals surface area contributed by atoms with Gasteiger partial charge in [0.2, 0.25) is 5.91 Å². The molecule has 2 unspecified atom stereocenters. The van der Waals surface area contributed by atoms with E-state index in [-0.39, 0.29) is 12.6 Å². The van der Waals surface area contributed by atoms with E-state index < -0.39 is 24.5 Å². The molecule has 0 aliphatic carbocycles. The molecule has 4 N–H and O–H groups in total. The van der Waals surface area contributed by atoms with Crippen LogP contribution in [-0.4, -0.2) is 71.1 Å². The van der Waals surface area contributed by atoms with Gasteiger partial charge >= 0.3 is 12.0 Å². The van der Waals surface area contributed by atoms with Crippen molar-refractivity contribution in [3.63, 3.8) is 0 Å². The second-order valence-corrected chi connectivity index (χ2v) is 5.31. The maximum Gasteiger partial charge on any atom is 0.323 e. The van der Waals surface area contributed by atoms with E-state index in [2.05, 4.69) is 10.2 Å². The number of fused-ring (bicyclic) bond motifs is 1. The summed E-state index contributed by atoms with van der Waals surface area (Å²) >= 11 is 0. The molecular weight excluding hydrogens is 264 g/mol. The molecule has 0 saturated carbocycles. The first-order valence-electron chi connectivity index (χ1n) is 6.77. The summed E-state index contributed by atoms with van der Waals surface area (Å²) in [6, 6.07) is -0.182. The van der Waals surface area contributed by atoms with E-state index in [0.29, 0.717) is 6.04 Å². The number of carboxylic acids is 1. The average molecular weight is 284 g/mol. The lowest BCUT2D eigenvalue weighted by Gasteiger charge is -2.25. The van der Waals surface area contributed by atoms with Gasteiger partial charge in [-0.1, -0.05) is 0 Å². The molecule has 0 spiro atoms. The van der Waals surface area contributed by atoms with Crippen molar-refractivity contribution in [3.05, 3.63) is 0 Å². The quantitative estimate of drug-likeness (QED) is 0.586. The molecule has 2 heterocycles. The Morgan fingerprint density at radius 1 is 1.25 bits per heavy atom. The van der Waals surface area contributed by atoms with Crippen molar-refractivity contribution in [2.24, 2.45) is 5.73 Å². The highest BCUT2D eigenvalue weighted by atomic mass is 16.4. The fraction of sp³-hybridized carbons (Fsp3) is 0.750. The van der Waals surface area contributed by atoms with Crippen LogP contribution in [0.15, 0.2) is 0 Å². The first-order chi connectivity index (χ1) is 9.47. The summed E-state index contributed by atoms with van der Waals surface area (Å²) < 4.78 is 0. The Hall–Kier alpha value is -1.83. The zero-order valence-corrected chi connectivity index (χ0v) is 11.2. The molecule has 3 amide bonds. The van der Waals surface area contributed by atoms with Gasteiger partial charge in [0, 0.05) is 18.6 Å². The molecule has 0 bridgehead atoms. The van der Waals surface area contributed by atoms with Gasteiger partial charge < -0.3 is 21.1 Å². The van der Waals surface area contributed by atoms with Crippen LogP contribution >= 0.6 is 0 Å². The Kier molecular flexibility index (Phi) is 4.43. The Bertz CT molecular complexity index is 398. The summed E-state index contributed by atoms with van der Waals surface area (Å²) in [4.78, 5) is 37.0. The van der Waals surface area contributed by atoms with Crippen LogP contribution < -0.4 is 11.1 Å². The number of hydrogen-bond donors (Lipinski definition) is 3. The molecule has 2 atom stereocenters. The van der Waals surface area contributed by atoms with Crippen molar-refractivity contribution in [3.8, 4) is 0 Å². The van der Waals surface area contributed by atoms with Crippen molar-refractivity contribution < 1.29 is 19.5 Å². The van der Waals surface area contributed by atoms with Gasteiger partial charge in [-0.25, -0.2) is 4.79 Å². The second-order valence-electron chi connectivity index (χ2n) is 5.31. The highest BCUT2D eigenvalue weighted by Gasteiger charge is 2.38. The maximum atomic E-state index is 12.1. The van der Waals surface area contributed by atoms with E-state index in [1.807, 2.05) is 0 Å². The number of carboxylic acid groups (broad SMARTS) is 1. The van der Waals surface area contributed by atoms with Gasteiger partial charge in [-0.3, -0.25) is 14.5 Å². The van der Waals surface area contributed by atoms with E-state index in [1.54, 1.807) is 0 Å². The SMILES string of the molecule is NC(=O)CN(CC(=O)O)C(=O)NC1CCN2CCCC12. The minimum Gasteiger partial charge on any atom is -0.480 e. The van der Waals surface area contributed by atoms with Gasteiger partial charge in [0.05, 0.1) is 0 Å². The van der Waals surface area contributed by atoms with Gasteiger partial charge in [-0.15, -0.1) is 0 Å². The Balaban J connectivity index is 1.93. The zero-order valence-electron chi connectivity index (χ0n) is 11.2. The molecule has 0 aromatic heterocycles. The molecule has 0 radical (unpaired) electrons. The third-order valence-corrected chi connectivity index (χ3v) is 3.87. The van der Waals surface area contributed by atoms with E-state index in [0.717, 1.165) is 37.3 Å². The number of carbonyl (C=O) groups excluding carboxylic acids is 2. The smallest absolute Gasteiger partial charge is 0.323 e. The van der Waals surface area contributed by atoms with E-state index >= 15 is 0 Å². The van der Waals surface area contributed by atoms with Gasteiger partial charge in [-0.2, -0.15) is 0 Å². The molecular formula is C12H20N4O4. The fourth-order valence-corrected chi connectivity index (χ4v) is 3.05. The van der Waals surface area contributed by atoms with Crippen LogP contribution in [0.3, 0.4) is 0 Å². The summed E-state index contributed by atoms with van der Waals surface area (Å²) in [7, 11) is 0. The van der Waals surface area contributed by atoms with Crippen LogP contribution in [0.25, 0.3) is 0 Å². The summed E-state index contributed by atoms with van der Waals surface area (Å²) in [5.41, 5.74) is 5.04. The number of nitrogens with two attached hydrogens (primary N) is 1. The number of amides is 3. The molecule has 2 rings (SSSR count). The largest absolute Gasteiger partial charge is 0.480 e. The molecule has 20 heavy (non-hydrogen) atoms. The molecule has 0 aromatic carbocycles. The first kappa shape index (κ1) is 14.6. The highest BCUT2D eigenvalue weighted by molar-refractivity contribution is 5.86. The van der Waals surface area contributed by atoms with Crippen molar-refractivity contribution in [1.29, 1.82) is 0 Å². The third kappa shape index (κ3) is 3.38. The number of rotatable bonds is 5. The number of aliphatic carboxylic acids is 1. The topological polar surface area (TPSA) is 116 Å². The van der Waals surface area contributed by atoms with E-state index in [1.165, 1.54) is 0 Å². The Morgan fingerprint density at radius 3 is 2.65 bits per heavy atom. The van der Waals surface area contributed by atoms with Crippen molar-refractivity contribution in [2.75, 3.05) is 26.2 Å². The lowest BCUT2D eigenvalue weighted by molar-refractivity contribution is -0.137. The number of nitrogens with zero attached hydrogens (tertiary/aromatic N) is 2. The summed E-state index contributed by atoms with van der Waals surface area (Å²) in [5, 5.41) is 11.6. The van der Waals surface area contributed by atoms with Gasteiger partial charge in [0.15, 0.2) is 0 Å². The molecule has 112 valence electrons. The predicted octanol–water partition coefficient (Wildman–Crippen LogP) is -1.20.